The summed E-state index contributed by atoms with van der Waals surface area (Å²) in [6, 6.07) is 0.129. The van der Waals surface area contributed by atoms with Crippen molar-refractivity contribution in [1.82, 2.24) is 10.2 Å². The molecule has 2 heterocycles. The number of nitrogens with zero attached hydrogens (tertiary/aromatic N) is 1. The van der Waals surface area contributed by atoms with Crippen molar-refractivity contribution in [2.45, 2.75) is 25.3 Å². The highest BCUT2D eigenvalue weighted by Crippen LogP contribution is 2.15. The number of hydrogen-bond donors (Lipinski definition) is 1. The van der Waals surface area contributed by atoms with E-state index < -0.39 is 9.84 Å². The SMILES string of the molecule is CN(CCC1CS(=O)(=O)CCN1)CC1CCCOC1. The molecule has 2 aliphatic rings. The average molecular weight is 290 g/mol. The van der Waals surface area contributed by atoms with Crippen LogP contribution in [0.5, 0.6) is 0 Å². The van der Waals surface area contributed by atoms with Crippen molar-refractivity contribution in [3.63, 3.8) is 0 Å². The van der Waals surface area contributed by atoms with Crippen LogP contribution in [0.2, 0.25) is 0 Å². The van der Waals surface area contributed by atoms with E-state index in [1.165, 1.54) is 12.8 Å². The van der Waals surface area contributed by atoms with Crippen LogP contribution >= 0.6 is 0 Å². The maximum Gasteiger partial charge on any atom is 0.153 e. The molecule has 0 saturated carbocycles. The zero-order valence-electron chi connectivity index (χ0n) is 11.8. The van der Waals surface area contributed by atoms with E-state index in [0.29, 0.717) is 24.0 Å². The minimum Gasteiger partial charge on any atom is -0.381 e. The number of hydrogen-bond acceptors (Lipinski definition) is 5. The van der Waals surface area contributed by atoms with Gasteiger partial charge in [-0.1, -0.05) is 0 Å². The van der Waals surface area contributed by atoms with E-state index in [4.69, 9.17) is 4.74 Å². The fourth-order valence-electron chi connectivity index (χ4n) is 2.91. The van der Waals surface area contributed by atoms with Crippen LogP contribution < -0.4 is 5.32 Å². The van der Waals surface area contributed by atoms with Crippen molar-refractivity contribution in [3.8, 4) is 0 Å². The molecule has 0 aromatic heterocycles. The van der Waals surface area contributed by atoms with Crippen LogP contribution in [0, 0.1) is 5.92 Å². The monoisotopic (exact) mass is 290 g/mol. The first-order valence-electron chi connectivity index (χ1n) is 7.25. The van der Waals surface area contributed by atoms with Crippen LogP contribution in [0.3, 0.4) is 0 Å². The summed E-state index contributed by atoms with van der Waals surface area (Å²) in [5, 5.41) is 3.30. The van der Waals surface area contributed by atoms with Crippen LogP contribution in [-0.4, -0.2) is 70.8 Å². The molecule has 0 amide bonds. The summed E-state index contributed by atoms with van der Waals surface area (Å²) in [6.07, 6.45) is 3.32. The predicted molar refractivity (Wildman–Crippen MR) is 76.1 cm³/mol. The predicted octanol–water partition coefficient (Wildman–Crippen LogP) is 0.122. The molecule has 2 rings (SSSR count). The van der Waals surface area contributed by atoms with E-state index in [1.54, 1.807) is 0 Å². The molecule has 2 unspecified atom stereocenters. The molecular weight excluding hydrogens is 264 g/mol. The van der Waals surface area contributed by atoms with Gasteiger partial charge < -0.3 is 15.0 Å². The molecule has 0 radical (unpaired) electrons. The molecule has 1 N–H and O–H groups in total. The molecule has 0 aliphatic carbocycles. The van der Waals surface area contributed by atoms with Gasteiger partial charge in [0.2, 0.25) is 0 Å². The molecule has 6 heteroatoms. The van der Waals surface area contributed by atoms with Gasteiger partial charge in [0, 0.05) is 25.7 Å². The van der Waals surface area contributed by atoms with Crippen molar-refractivity contribution < 1.29 is 13.2 Å². The first-order valence-corrected chi connectivity index (χ1v) is 9.07. The molecule has 19 heavy (non-hydrogen) atoms. The second kappa shape index (κ2) is 7.02. The van der Waals surface area contributed by atoms with Crippen LogP contribution in [0.1, 0.15) is 19.3 Å². The van der Waals surface area contributed by atoms with Crippen LogP contribution in [0.15, 0.2) is 0 Å². The van der Waals surface area contributed by atoms with Crippen molar-refractivity contribution in [3.05, 3.63) is 0 Å². The lowest BCUT2D eigenvalue weighted by Crippen LogP contribution is -2.46. The first-order chi connectivity index (χ1) is 9.05. The van der Waals surface area contributed by atoms with Crippen LogP contribution in [0.4, 0.5) is 0 Å². The maximum absolute atomic E-state index is 11.6. The standard InChI is InChI=1S/C13H26N2O3S/c1-15(9-12-3-2-7-18-10-12)6-4-13-11-19(16,17)8-5-14-13/h12-14H,2-11H2,1H3. The van der Waals surface area contributed by atoms with Gasteiger partial charge in [-0.3, -0.25) is 0 Å². The topological polar surface area (TPSA) is 58.6 Å². The second-order valence-corrected chi connectivity index (χ2v) is 8.13. The largest absolute Gasteiger partial charge is 0.381 e. The normalized spacial score (nSPS) is 31.5. The minimum absolute atomic E-state index is 0.129. The summed E-state index contributed by atoms with van der Waals surface area (Å²) in [5.74, 6) is 1.23. The number of rotatable bonds is 5. The van der Waals surface area contributed by atoms with Crippen molar-refractivity contribution in [2.24, 2.45) is 5.92 Å². The Balaban J connectivity index is 1.66. The third-order valence-corrected chi connectivity index (χ3v) is 5.72. The molecule has 2 aliphatic heterocycles. The van der Waals surface area contributed by atoms with E-state index in [0.717, 1.165) is 32.7 Å². The summed E-state index contributed by atoms with van der Waals surface area (Å²) in [4.78, 5) is 2.31. The summed E-state index contributed by atoms with van der Waals surface area (Å²) in [5.41, 5.74) is 0. The Kier molecular flexibility index (Phi) is 5.62. The zero-order valence-corrected chi connectivity index (χ0v) is 12.6. The number of nitrogens with one attached hydrogen (secondary N) is 1. The Morgan fingerprint density at radius 2 is 2.26 bits per heavy atom. The average Bonchev–Trinajstić information content (AvgIpc) is 2.36. The highest BCUT2D eigenvalue weighted by molar-refractivity contribution is 7.91. The molecule has 2 fully saturated rings. The highest BCUT2D eigenvalue weighted by Gasteiger charge is 2.24. The number of ether oxygens (including phenoxy) is 1. The lowest BCUT2D eigenvalue weighted by molar-refractivity contribution is 0.0417. The Morgan fingerprint density at radius 3 is 2.95 bits per heavy atom. The Hall–Kier alpha value is -0.170. The van der Waals surface area contributed by atoms with Crippen molar-refractivity contribution in [1.29, 1.82) is 0 Å². The zero-order chi connectivity index (χ0) is 13.7. The van der Waals surface area contributed by atoms with Gasteiger partial charge in [-0.15, -0.1) is 0 Å². The van der Waals surface area contributed by atoms with E-state index >= 15 is 0 Å². The van der Waals surface area contributed by atoms with Gasteiger partial charge in [0.25, 0.3) is 0 Å². The third-order valence-electron chi connectivity index (χ3n) is 3.98. The summed E-state index contributed by atoms with van der Waals surface area (Å²) < 4.78 is 28.6. The molecule has 5 nitrogen and oxygen atoms in total. The lowest BCUT2D eigenvalue weighted by atomic mass is 10.0. The maximum atomic E-state index is 11.6. The molecule has 2 atom stereocenters. The lowest BCUT2D eigenvalue weighted by Gasteiger charge is -2.29. The first kappa shape index (κ1) is 15.2. The van der Waals surface area contributed by atoms with E-state index in [-0.39, 0.29) is 6.04 Å². The quantitative estimate of drug-likeness (QED) is 0.779. The smallest absolute Gasteiger partial charge is 0.153 e. The van der Waals surface area contributed by atoms with Crippen LogP contribution in [0.25, 0.3) is 0 Å². The van der Waals surface area contributed by atoms with Gasteiger partial charge in [-0.2, -0.15) is 0 Å². The third kappa shape index (κ3) is 5.38. The summed E-state index contributed by atoms with van der Waals surface area (Å²) >= 11 is 0. The van der Waals surface area contributed by atoms with Gasteiger partial charge in [-0.25, -0.2) is 8.42 Å². The molecule has 0 aromatic carbocycles. The molecule has 0 spiro atoms. The van der Waals surface area contributed by atoms with Crippen molar-refractivity contribution >= 4 is 9.84 Å². The summed E-state index contributed by atoms with van der Waals surface area (Å²) in [6.45, 7) is 4.39. The molecule has 0 aromatic rings. The van der Waals surface area contributed by atoms with E-state index in [1.807, 2.05) is 0 Å². The van der Waals surface area contributed by atoms with Gasteiger partial charge in [0.1, 0.15) is 0 Å². The second-order valence-electron chi connectivity index (χ2n) is 5.90. The Labute approximate surface area is 116 Å². The number of sulfone groups is 1. The van der Waals surface area contributed by atoms with Gasteiger partial charge in [0.05, 0.1) is 18.1 Å². The fourth-order valence-corrected chi connectivity index (χ4v) is 4.41. The molecule has 2 saturated heterocycles. The summed E-state index contributed by atoms with van der Waals surface area (Å²) in [7, 11) is -0.691. The molecule has 112 valence electrons. The molecular formula is C13H26N2O3S. The van der Waals surface area contributed by atoms with E-state index in [2.05, 4.69) is 17.3 Å². The molecule has 0 bridgehead atoms. The van der Waals surface area contributed by atoms with Gasteiger partial charge >= 0.3 is 0 Å². The Bertz CT molecular complexity index is 366. The minimum atomic E-state index is -2.81. The highest BCUT2D eigenvalue weighted by atomic mass is 32.2. The fraction of sp³-hybridized carbons (Fsp3) is 1.00. The van der Waals surface area contributed by atoms with Gasteiger partial charge in [-0.05, 0) is 38.8 Å². The Morgan fingerprint density at radius 1 is 1.42 bits per heavy atom. The van der Waals surface area contributed by atoms with E-state index in [9.17, 15) is 8.42 Å². The van der Waals surface area contributed by atoms with Crippen molar-refractivity contribution in [2.75, 3.05) is 51.4 Å². The van der Waals surface area contributed by atoms with Gasteiger partial charge in [0.15, 0.2) is 9.84 Å². The van der Waals surface area contributed by atoms with Crippen LogP contribution in [-0.2, 0) is 14.6 Å².